The van der Waals surface area contributed by atoms with Crippen LogP contribution in [-0.4, -0.2) is 39.3 Å². The Hall–Kier alpha value is -1.43. The van der Waals surface area contributed by atoms with Crippen LogP contribution >= 0.6 is 0 Å². The second-order valence-corrected chi connectivity index (χ2v) is 4.25. The van der Waals surface area contributed by atoms with Crippen molar-refractivity contribution in [2.45, 2.75) is 32.2 Å². The molecular weight excluding hydrogens is 210 g/mol. The lowest BCUT2D eigenvalue weighted by atomic mass is 10.1. The zero-order valence-electron chi connectivity index (χ0n) is 9.38. The fraction of sp³-hybridized carbons (Fsp3) is 0.700. The fourth-order valence-electron chi connectivity index (χ4n) is 1.98. The van der Waals surface area contributed by atoms with Gasteiger partial charge in [0.2, 0.25) is 0 Å². The van der Waals surface area contributed by atoms with Gasteiger partial charge in [0, 0.05) is 6.61 Å². The van der Waals surface area contributed by atoms with Crippen LogP contribution in [0.2, 0.25) is 0 Å². The Balaban J connectivity index is 2.40. The first-order valence-corrected chi connectivity index (χ1v) is 5.37. The van der Waals surface area contributed by atoms with E-state index in [0.29, 0.717) is 18.9 Å². The van der Waals surface area contributed by atoms with Crippen molar-refractivity contribution >= 4 is 5.97 Å². The number of nitrogens with zero attached hydrogens (tertiary/aromatic N) is 3. The number of carboxylic acids is 1. The summed E-state index contributed by atoms with van der Waals surface area (Å²) < 4.78 is 6.99. The predicted molar refractivity (Wildman–Crippen MR) is 55.5 cm³/mol. The Morgan fingerprint density at radius 2 is 2.38 bits per heavy atom. The number of ether oxygens (including phenoxy) is 1. The number of rotatable bonds is 3. The molecule has 0 radical (unpaired) electrons. The highest BCUT2D eigenvalue weighted by Crippen LogP contribution is 2.25. The average molecular weight is 225 g/mol. The van der Waals surface area contributed by atoms with Gasteiger partial charge in [-0.1, -0.05) is 19.1 Å². The van der Waals surface area contributed by atoms with Crippen LogP contribution in [0.5, 0.6) is 0 Å². The first-order chi connectivity index (χ1) is 7.61. The monoisotopic (exact) mass is 225 g/mol. The molecule has 0 saturated carbocycles. The lowest BCUT2D eigenvalue weighted by Crippen LogP contribution is -2.16. The number of hydrogen-bond acceptors (Lipinski definition) is 4. The predicted octanol–water partition coefficient (Wildman–Crippen LogP) is 1.06. The molecule has 2 rings (SSSR count). The van der Waals surface area contributed by atoms with Gasteiger partial charge in [0.05, 0.1) is 18.3 Å². The van der Waals surface area contributed by atoms with Gasteiger partial charge in [0.25, 0.3) is 0 Å². The number of carbonyl (C=O) groups is 1. The summed E-state index contributed by atoms with van der Waals surface area (Å²) in [5, 5.41) is 16.7. The van der Waals surface area contributed by atoms with Crippen LogP contribution in [0, 0.1) is 0 Å². The summed E-state index contributed by atoms with van der Waals surface area (Å²) in [5.41, 5.74) is 0.741. The summed E-state index contributed by atoms with van der Waals surface area (Å²) in [6, 6.07) is 0.123. The lowest BCUT2D eigenvalue weighted by Gasteiger charge is -2.14. The van der Waals surface area contributed by atoms with E-state index in [2.05, 4.69) is 10.3 Å². The fourth-order valence-corrected chi connectivity index (χ4v) is 1.98. The molecule has 16 heavy (non-hydrogen) atoms. The van der Waals surface area contributed by atoms with Gasteiger partial charge in [-0.15, -0.1) is 5.10 Å². The van der Waals surface area contributed by atoms with Crippen LogP contribution in [0.4, 0.5) is 0 Å². The van der Waals surface area contributed by atoms with E-state index in [1.54, 1.807) is 4.68 Å². The largest absolute Gasteiger partial charge is 0.476 e. The van der Waals surface area contributed by atoms with Crippen molar-refractivity contribution in [3.05, 3.63) is 11.4 Å². The summed E-state index contributed by atoms with van der Waals surface area (Å²) in [5.74, 6) is -0.935. The highest BCUT2D eigenvalue weighted by molar-refractivity contribution is 5.86. The molecule has 1 aromatic rings. The van der Waals surface area contributed by atoms with Crippen LogP contribution in [0.15, 0.2) is 0 Å². The number of hydrogen-bond donors (Lipinski definition) is 1. The molecule has 1 saturated heterocycles. The van der Waals surface area contributed by atoms with Crippen molar-refractivity contribution in [3.63, 3.8) is 0 Å². The number of carboxylic acid groups (broad SMARTS) is 1. The molecule has 6 heteroatoms. The van der Waals surface area contributed by atoms with Gasteiger partial charge in [-0.25, -0.2) is 9.48 Å². The molecule has 1 unspecified atom stereocenters. The third kappa shape index (κ3) is 1.80. The van der Waals surface area contributed by atoms with Crippen LogP contribution in [0.1, 0.15) is 48.4 Å². The molecule has 1 N–H and O–H groups in total. The van der Waals surface area contributed by atoms with E-state index >= 15 is 0 Å². The molecule has 1 aliphatic rings. The van der Waals surface area contributed by atoms with Crippen molar-refractivity contribution in [1.82, 2.24) is 15.0 Å². The lowest BCUT2D eigenvalue weighted by molar-refractivity contribution is 0.0688. The summed E-state index contributed by atoms with van der Waals surface area (Å²) in [6.07, 6.45) is 0.863. The third-order valence-electron chi connectivity index (χ3n) is 2.73. The van der Waals surface area contributed by atoms with Gasteiger partial charge < -0.3 is 9.84 Å². The minimum Gasteiger partial charge on any atom is -0.476 e. The van der Waals surface area contributed by atoms with Crippen LogP contribution in [0.3, 0.4) is 0 Å². The SMILES string of the molecule is CC(C)c1c(C(=O)O)nnn1C1CCOC1. The summed E-state index contributed by atoms with van der Waals surface area (Å²) >= 11 is 0. The Kier molecular flexibility index (Phi) is 2.91. The number of aromatic carboxylic acids is 1. The Labute approximate surface area is 93.2 Å². The van der Waals surface area contributed by atoms with E-state index in [-0.39, 0.29) is 17.7 Å². The van der Waals surface area contributed by atoms with E-state index in [4.69, 9.17) is 9.84 Å². The molecule has 0 aliphatic carbocycles. The van der Waals surface area contributed by atoms with Gasteiger partial charge in [0.1, 0.15) is 0 Å². The maximum atomic E-state index is 11.0. The molecule has 1 fully saturated rings. The standard InChI is InChI=1S/C10H15N3O3/c1-6(2)9-8(10(14)15)11-12-13(9)7-3-4-16-5-7/h6-7H,3-5H2,1-2H3,(H,14,15). The summed E-state index contributed by atoms with van der Waals surface area (Å²) in [7, 11) is 0. The highest BCUT2D eigenvalue weighted by Gasteiger charge is 2.27. The molecule has 0 amide bonds. The molecule has 2 heterocycles. The van der Waals surface area contributed by atoms with Crippen molar-refractivity contribution in [3.8, 4) is 0 Å². The second kappa shape index (κ2) is 4.21. The molecular formula is C10H15N3O3. The zero-order chi connectivity index (χ0) is 11.7. The smallest absolute Gasteiger partial charge is 0.358 e. The first kappa shape index (κ1) is 11.1. The van der Waals surface area contributed by atoms with Crippen molar-refractivity contribution < 1.29 is 14.6 Å². The van der Waals surface area contributed by atoms with Gasteiger partial charge in [-0.05, 0) is 12.3 Å². The summed E-state index contributed by atoms with van der Waals surface area (Å²) in [4.78, 5) is 11.0. The molecule has 0 bridgehead atoms. The quantitative estimate of drug-likeness (QED) is 0.832. The second-order valence-electron chi connectivity index (χ2n) is 4.25. The molecule has 1 aromatic heterocycles. The Morgan fingerprint density at radius 3 is 2.88 bits per heavy atom. The average Bonchev–Trinajstić information content (AvgIpc) is 2.85. The summed E-state index contributed by atoms with van der Waals surface area (Å²) in [6.45, 7) is 5.17. The molecule has 0 aromatic carbocycles. The van der Waals surface area contributed by atoms with Gasteiger partial charge >= 0.3 is 5.97 Å². The Morgan fingerprint density at radius 1 is 1.62 bits per heavy atom. The maximum Gasteiger partial charge on any atom is 0.358 e. The molecule has 1 aliphatic heterocycles. The Bertz CT molecular complexity index is 394. The third-order valence-corrected chi connectivity index (χ3v) is 2.73. The minimum absolute atomic E-state index is 0.0573. The van der Waals surface area contributed by atoms with Crippen molar-refractivity contribution in [2.75, 3.05) is 13.2 Å². The van der Waals surface area contributed by atoms with Gasteiger partial charge in [-0.3, -0.25) is 0 Å². The van der Waals surface area contributed by atoms with E-state index < -0.39 is 5.97 Å². The molecule has 1 atom stereocenters. The maximum absolute atomic E-state index is 11.0. The van der Waals surface area contributed by atoms with Crippen molar-refractivity contribution in [2.24, 2.45) is 0 Å². The van der Waals surface area contributed by atoms with Gasteiger partial charge in [0.15, 0.2) is 5.69 Å². The van der Waals surface area contributed by atoms with E-state index in [1.807, 2.05) is 13.8 Å². The molecule has 88 valence electrons. The van der Waals surface area contributed by atoms with Crippen LogP contribution in [0.25, 0.3) is 0 Å². The van der Waals surface area contributed by atoms with E-state index in [9.17, 15) is 4.79 Å². The van der Waals surface area contributed by atoms with E-state index in [0.717, 1.165) is 6.42 Å². The van der Waals surface area contributed by atoms with Gasteiger partial charge in [-0.2, -0.15) is 0 Å². The molecule has 6 nitrogen and oxygen atoms in total. The molecule has 0 spiro atoms. The van der Waals surface area contributed by atoms with Crippen LogP contribution in [-0.2, 0) is 4.74 Å². The van der Waals surface area contributed by atoms with E-state index in [1.165, 1.54) is 0 Å². The minimum atomic E-state index is -1.02. The first-order valence-electron chi connectivity index (χ1n) is 5.37. The highest BCUT2D eigenvalue weighted by atomic mass is 16.5. The zero-order valence-corrected chi connectivity index (χ0v) is 9.38. The van der Waals surface area contributed by atoms with Crippen LogP contribution < -0.4 is 0 Å². The number of aromatic nitrogens is 3. The topological polar surface area (TPSA) is 77.2 Å². The van der Waals surface area contributed by atoms with Crippen molar-refractivity contribution in [1.29, 1.82) is 0 Å². The normalized spacial score (nSPS) is 20.6.